The van der Waals surface area contributed by atoms with Crippen molar-refractivity contribution in [3.63, 3.8) is 0 Å². The van der Waals surface area contributed by atoms with Crippen LogP contribution in [-0.4, -0.2) is 9.55 Å². The fraction of sp³-hybridized carbons (Fsp3) is 0.350. The van der Waals surface area contributed by atoms with Crippen LogP contribution in [0.1, 0.15) is 36.8 Å². The van der Waals surface area contributed by atoms with E-state index in [-0.39, 0.29) is 6.04 Å². The van der Waals surface area contributed by atoms with Gasteiger partial charge in [0.2, 0.25) is 0 Å². The van der Waals surface area contributed by atoms with Crippen molar-refractivity contribution in [1.82, 2.24) is 9.55 Å². The van der Waals surface area contributed by atoms with Gasteiger partial charge in [0.15, 0.2) is 0 Å². The zero-order valence-electron chi connectivity index (χ0n) is 16.0. The predicted molar refractivity (Wildman–Crippen MR) is 95.2 cm³/mol. The van der Waals surface area contributed by atoms with E-state index in [9.17, 15) is 13.2 Å². The van der Waals surface area contributed by atoms with Crippen LogP contribution in [0.3, 0.4) is 0 Å². The molecule has 2 aromatic heterocycles. The summed E-state index contributed by atoms with van der Waals surface area (Å²) in [4.78, 5) is 4.22. The number of imidazole rings is 1. The summed E-state index contributed by atoms with van der Waals surface area (Å²) in [6.07, 6.45) is 2.66. The summed E-state index contributed by atoms with van der Waals surface area (Å²) in [6.45, 7) is 7.64. The van der Waals surface area contributed by atoms with Crippen LogP contribution in [0, 0.1) is 13.8 Å². The molecule has 0 bridgehead atoms. The van der Waals surface area contributed by atoms with Gasteiger partial charge in [-0.15, -0.1) is 0 Å². The molecular formula is C20H23F3N4+2. The Morgan fingerprint density at radius 3 is 2.41 bits per heavy atom. The van der Waals surface area contributed by atoms with Gasteiger partial charge < -0.3 is 0 Å². The van der Waals surface area contributed by atoms with Gasteiger partial charge in [0.05, 0.1) is 24.2 Å². The first-order valence-electron chi connectivity index (χ1n) is 8.73. The third-order valence-electron chi connectivity index (χ3n) is 4.73. The Hall–Kier alpha value is -2.70. The molecule has 7 heteroatoms. The summed E-state index contributed by atoms with van der Waals surface area (Å²) in [5, 5.41) is 0. The van der Waals surface area contributed by atoms with E-state index in [1.54, 1.807) is 30.0 Å². The first-order valence-corrected chi connectivity index (χ1v) is 8.73. The highest BCUT2D eigenvalue weighted by Gasteiger charge is 2.35. The zero-order valence-corrected chi connectivity index (χ0v) is 16.0. The first kappa shape index (κ1) is 19.1. The molecule has 0 radical (unpaired) electrons. The summed E-state index contributed by atoms with van der Waals surface area (Å²) >= 11 is 0. The Kier molecular flexibility index (Phi) is 4.80. The van der Waals surface area contributed by atoms with Crippen molar-refractivity contribution < 1.29 is 22.3 Å². The van der Waals surface area contributed by atoms with Crippen molar-refractivity contribution in [2.24, 2.45) is 7.05 Å². The molecule has 1 aromatic carbocycles. The monoisotopic (exact) mass is 376 g/mol. The third-order valence-corrected chi connectivity index (χ3v) is 4.73. The number of alkyl halides is 3. The summed E-state index contributed by atoms with van der Waals surface area (Å²) in [5.74, 6) is 1.35. The van der Waals surface area contributed by atoms with Crippen LogP contribution in [0.15, 0.2) is 43.0 Å². The molecule has 0 saturated heterocycles. The van der Waals surface area contributed by atoms with Gasteiger partial charge >= 0.3 is 6.18 Å². The Morgan fingerprint density at radius 2 is 1.81 bits per heavy atom. The maximum atomic E-state index is 13.7. The minimum Gasteiger partial charge on any atom is -0.233 e. The molecule has 0 atom stereocenters. The number of halogens is 3. The summed E-state index contributed by atoms with van der Waals surface area (Å²) in [7, 11) is 1.84. The summed E-state index contributed by atoms with van der Waals surface area (Å²) < 4.78 is 46.5. The first-order chi connectivity index (χ1) is 12.6. The number of aromatic nitrogens is 4. The van der Waals surface area contributed by atoms with Crippen molar-refractivity contribution >= 4 is 0 Å². The topological polar surface area (TPSA) is 25.6 Å². The lowest BCUT2D eigenvalue weighted by Gasteiger charge is -2.15. The Balaban J connectivity index is 2.38. The van der Waals surface area contributed by atoms with E-state index in [0.29, 0.717) is 17.1 Å². The maximum absolute atomic E-state index is 13.7. The average Bonchev–Trinajstić information content (AvgIpc) is 2.96. The Labute approximate surface area is 156 Å². The number of aryl methyl sites for hydroxylation is 2. The Bertz CT molecular complexity index is 987. The van der Waals surface area contributed by atoms with Crippen molar-refractivity contribution in [3.8, 4) is 17.1 Å². The minimum absolute atomic E-state index is 0.117. The lowest BCUT2D eigenvalue weighted by molar-refractivity contribution is -0.659. The van der Waals surface area contributed by atoms with E-state index in [1.165, 1.54) is 12.1 Å². The van der Waals surface area contributed by atoms with E-state index < -0.39 is 11.7 Å². The van der Waals surface area contributed by atoms with E-state index >= 15 is 0 Å². The standard InChI is InChI=1S/C20H23F3N4/c1-13(2)26-10-9-25(5)19(26)17-11-16(20(21,22)23)12-18(14(17)3)27-8-6-7-24-15(27)4/h6-13H,1-5H3/q+2. The highest BCUT2D eigenvalue weighted by atomic mass is 19.4. The minimum atomic E-state index is -4.44. The molecular weight excluding hydrogens is 353 g/mol. The van der Waals surface area contributed by atoms with Crippen molar-refractivity contribution in [2.45, 2.75) is 39.9 Å². The molecule has 0 unspecified atom stereocenters. The normalized spacial score (nSPS) is 12.0. The lowest BCUT2D eigenvalue weighted by Crippen LogP contribution is -2.37. The summed E-state index contributed by atoms with van der Waals surface area (Å²) in [6, 6.07) is 4.25. The van der Waals surface area contributed by atoms with Crippen molar-refractivity contribution in [3.05, 3.63) is 59.9 Å². The van der Waals surface area contributed by atoms with E-state index in [2.05, 4.69) is 4.98 Å². The van der Waals surface area contributed by atoms with E-state index in [4.69, 9.17) is 0 Å². The maximum Gasteiger partial charge on any atom is 0.416 e. The predicted octanol–water partition coefficient (Wildman–Crippen LogP) is 3.87. The molecule has 0 amide bonds. The molecule has 2 heterocycles. The van der Waals surface area contributed by atoms with Gasteiger partial charge in [-0.3, -0.25) is 0 Å². The van der Waals surface area contributed by atoms with Gasteiger partial charge in [-0.25, -0.2) is 13.7 Å². The molecule has 0 N–H and O–H groups in total. The molecule has 3 aromatic rings. The largest absolute Gasteiger partial charge is 0.416 e. The van der Waals surface area contributed by atoms with Gasteiger partial charge in [0.25, 0.3) is 11.6 Å². The highest BCUT2D eigenvalue weighted by Crippen LogP contribution is 2.35. The fourth-order valence-electron chi connectivity index (χ4n) is 3.29. The fourth-order valence-corrected chi connectivity index (χ4v) is 3.29. The number of benzene rings is 1. The molecule has 0 saturated carbocycles. The third kappa shape index (κ3) is 3.46. The van der Waals surface area contributed by atoms with Crippen LogP contribution in [0.5, 0.6) is 0 Å². The molecule has 0 aliphatic heterocycles. The zero-order chi connectivity index (χ0) is 19.9. The highest BCUT2D eigenvalue weighted by molar-refractivity contribution is 5.64. The molecule has 0 aliphatic carbocycles. The SMILES string of the molecule is Cc1c(-c2n(C(C)C)cc[n+]2C)cc(C(F)(F)F)cc1-[n+]1cccnc1C. The van der Waals surface area contributed by atoms with Crippen molar-refractivity contribution in [1.29, 1.82) is 0 Å². The second-order valence-corrected chi connectivity index (χ2v) is 6.94. The molecule has 4 nitrogen and oxygen atoms in total. The van der Waals surface area contributed by atoms with Crippen LogP contribution >= 0.6 is 0 Å². The lowest BCUT2D eigenvalue weighted by atomic mass is 10.0. The second kappa shape index (κ2) is 6.79. The summed E-state index contributed by atoms with van der Waals surface area (Å²) in [5.41, 5.74) is 1.12. The molecule has 0 aliphatic rings. The molecule has 0 fully saturated rings. The average molecular weight is 376 g/mol. The van der Waals surface area contributed by atoms with Gasteiger partial charge in [-0.1, -0.05) is 4.98 Å². The van der Waals surface area contributed by atoms with Crippen LogP contribution in [0.4, 0.5) is 13.2 Å². The molecule has 0 spiro atoms. The van der Waals surface area contributed by atoms with Crippen LogP contribution in [-0.2, 0) is 13.2 Å². The van der Waals surface area contributed by atoms with Gasteiger partial charge in [-0.2, -0.15) is 13.2 Å². The number of nitrogens with zero attached hydrogens (tertiary/aromatic N) is 4. The second-order valence-electron chi connectivity index (χ2n) is 6.94. The van der Waals surface area contributed by atoms with E-state index in [1.807, 2.05) is 49.3 Å². The van der Waals surface area contributed by atoms with Crippen molar-refractivity contribution in [2.75, 3.05) is 0 Å². The van der Waals surface area contributed by atoms with Gasteiger partial charge in [0, 0.05) is 18.6 Å². The van der Waals surface area contributed by atoms with Crippen LogP contribution in [0.2, 0.25) is 0 Å². The number of hydrogen-bond donors (Lipinski definition) is 0. The smallest absolute Gasteiger partial charge is 0.233 e. The van der Waals surface area contributed by atoms with Crippen LogP contribution < -0.4 is 9.13 Å². The van der Waals surface area contributed by atoms with E-state index in [0.717, 1.165) is 11.4 Å². The Morgan fingerprint density at radius 1 is 1.11 bits per heavy atom. The molecule has 27 heavy (non-hydrogen) atoms. The quantitative estimate of drug-likeness (QED) is 0.637. The number of hydrogen-bond acceptors (Lipinski definition) is 1. The van der Waals surface area contributed by atoms with Crippen LogP contribution in [0.25, 0.3) is 17.1 Å². The van der Waals surface area contributed by atoms with Gasteiger partial charge in [0.1, 0.15) is 30.5 Å². The molecule has 3 rings (SSSR count). The number of rotatable bonds is 3. The molecule has 142 valence electrons. The van der Waals surface area contributed by atoms with Gasteiger partial charge in [-0.05, 0) is 32.9 Å².